The second-order valence-corrected chi connectivity index (χ2v) is 6.13. The quantitative estimate of drug-likeness (QED) is 0.853. The fraction of sp³-hybridized carbons (Fsp3) is 0.357. The summed E-state index contributed by atoms with van der Waals surface area (Å²) >= 11 is 7.09. The van der Waals surface area contributed by atoms with Crippen LogP contribution in [0.1, 0.15) is 24.2 Å². The molecule has 1 aromatic carbocycles. The Hall–Kier alpha value is -1.66. The molecule has 1 aromatic heterocycles. The Balaban J connectivity index is 1.74. The monoisotopic (exact) mass is 322 g/mol. The average Bonchev–Trinajstić information content (AvgIpc) is 3.09. The van der Waals surface area contributed by atoms with Crippen LogP contribution >= 0.6 is 23.1 Å². The van der Waals surface area contributed by atoms with Gasteiger partial charge in [0.1, 0.15) is 5.82 Å². The van der Waals surface area contributed by atoms with E-state index in [-0.39, 0.29) is 0 Å². The van der Waals surface area contributed by atoms with Crippen molar-refractivity contribution in [2.75, 3.05) is 11.4 Å². The van der Waals surface area contributed by atoms with Gasteiger partial charge in [0.05, 0.1) is 12.0 Å². The molecule has 0 N–H and O–H groups in total. The number of rotatable bonds is 4. The van der Waals surface area contributed by atoms with Crippen molar-refractivity contribution < 1.29 is 9.90 Å². The van der Waals surface area contributed by atoms with Crippen LogP contribution in [0.5, 0.6) is 0 Å². The summed E-state index contributed by atoms with van der Waals surface area (Å²) in [5.41, 5.74) is 1.07. The van der Waals surface area contributed by atoms with Crippen LogP contribution < -0.4 is 10.0 Å². The predicted molar refractivity (Wildman–Crippen MR) is 79.5 cm³/mol. The van der Waals surface area contributed by atoms with Gasteiger partial charge in [-0.3, -0.25) is 0 Å². The summed E-state index contributed by atoms with van der Waals surface area (Å²) in [6, 6.07) is 6.94. The van der Waals surface area contributed by atoms with Crippen molar-refractivity contribution in [1.82, 2.24) is 9.36 Å². The van der Waals surface area contributed by atoms with Crippen molar-refractivity contribution in [3.05, 3.63) is 40.7 Å². The molecule has 1 saturated heterocycles. The maximum Gasteiger partial charge on any atom is 0.205 e. The van der Waals surface area contributed by atoms with Crippen molar-refractivity contribution in [2.45, 2.75) is 25.3 Å². The molecule has 0 amide bonds. The lowest BCUT2D eigenvalue weighted by atomic mass is 10.1. The fourth-order valence-corrected chi connectivity index (χ4v) is 3.35. The van der Waals surface area contributed by atoms with Gasteiger partial charge in [0.15, 0.2) is 0 Å². The molecule has 110 valence electrons. The van der Waals surface area contributed by atoms with E-state index in [1.807, 2.05) is 24.3 Å². The van der Waals surface area contributed by atoms with E-state index in [0.29, 0.717) is 35.4 Å². The summed E-state index contributed by atoms with van der Waals surface area (Å²) in [6.45, 7) is 0.689. The molecule has 1 fully saturated rings. The highest BCUT2D eigenvalue weighted by atomic mass is 35.5. The molecule has 1 aliphatic rings. The minimum absolute atomic E-state index is 0.582. The number of carboxylic acids is 1. The number of hydrogen-bond acceptors (Lipinski definition) is 6. The van der Waals surface area contributed by atoms with Crippen LogP contribution in [0.2, 0.25) is 5.02 Å². The zero-order valence-electron chi connectivity index (χ0n) is 11.2. The van der Waals surface area contributed by atoms with E-state index in [2.05, 4.69) is 9.36 Å². The molecule has 2 aromatic rings. The predicted octanol–water partition coefficient (Wildman–Crippen LogP) is 1.50. The molecule has 0 saturated carbocycles. The van der Waals surface area contributed by atoms with Gasteiger partial charge < -0.3 is 14.8 Å². The van der Waals surface area contributed by atoms with Gasteiger partial charge in [0, 0.05) is 29.5 Å². The number of halogens is 1. The second-order valence-electron chi connectivity index (χ2n) is 4.97. The Labute approximate surface area is 131 Å². The lowest BCUT2D eigenvalue weighted by Gasteiger charge is -2.23. The first kappa shape index (κ1) is 14.3. The van der Waals surface area contributed by atoms with Crippen molar-refractivity contribution in [1.29, 1.82) is 0 Å². The number of carbonyl (C=O) groups excluding carboxylic acids is 1. The van der Waals surface area contributed by atoms with Gasteiger partial charge in [0.25, 0.3) is 0 Å². The number of carboxylic acid groups (broad SMARTS) is 1. The molecule has 0 unspecified atom stereocenters. The molecule has 1 atom stereocenters. The van der Waals surface area contributed by atoms with Crippen LogP contribution in [0, 0.1) is 0 Å². The van der Waals surface area contributed by atoms with Crippen LogP contribution in [-0.4, -0.2) is 27.9 Å². The van der Waals surface area contributed by atoms with Crippen LogP contribution in [0.15, 0.2) is 24.3 Å². The summed E-state index contributed by atoms with van der Waals surface area (Å²) in [4.78, 5) is 17.3. The molecule has 0 radical (unpaired) electrons. The molecule has 2 heterocycles. The summed E-state index contributed by atoms with van der Waals surface area (Å²) in [5.74, 6) is -0.344. The Morgan fingerprint density at radius 3 is 2.90 bits per heavy atom. The first-order chi connectivity index (χ1) is 10.1. The van der Waals surface area contributed by atoms with Crippen LogP contribution in [0.25, 0.3) is 0 Å². The number of nitrogens with zero attached hydrogens (tertiary/aromatic N) is 3. The molecule has 5 nitrogen and oxygen atoms in total. The highest BCUT2D eigenvalue weighted by molar-refractivity contribution is 7.09. The van der Waals surface area contributed by atoms with E-state index in [1.165, 1.54) is 11.5 Å². The zero-order chi connectivity index (χ0) is 14.8. The van der Waals surface area contributed by atoms with Gasteiger partial charge in [-0.1, -0.05) is 23.7 Å². The largest absolute Gasteiger partial charge is 0.548 e. The zero-order valence-corrected chi connectivity index (χ0v) is 12.7. The van der Waals surface area contributed by atoms with Crippen molar-refractivity contribution in [3.8, 4) is 0 Å². The summed E-state index contributed by atoms with van der Waals surface area (Å²) in [6.07, 6.45) is 2.05. The number of hydrogen-bond donors (Lipinski definition) is 0. The molecule has 0 spiro atoms. The molecule has 7 heteroatoms. The van der Waals surface area contributed by atoms with E-state index in [9.17, 15) is 9.90 Å². The molecule has 0 bridgehead atoms. The van der Waals surface area contributed by atoms with E-state index >= 15 is 0 Å². The fourth-order valence-electron chi connectivity index (χ4n) is 2.46. The standard InChI is InChI=1S/C14H14ClN3O2S/c15-10-5-3-9(4-6-10)8-12-16-14(21-17-12)18-7-1-2-11(18)13(19)20/h3-6,11H,1-2,7-8H2,(H,19,20)/p-1/t11-/m0/s1. The smallest absolute Gasteiger partial charge is 0.205 e. The first-order valence-electron chi connectivity index (χ1n) is 6.68. The Morgan fingerprint density at radius 1 is 1.43 bits per heavy atom. The van der Waals surface area contributed by atoms with Gasteiger partial charge in [0.2, 0.25) is 5.13 Å². The normalized spacial score (nSPS) is 18.1. The van der Waals surface area contributed by atoms with Crippen LogP contribution in [0.4, 0.5) is 5.13 Å². The maximum atomic E-state index is 11.1. The minimum atomic E-state index is -1.04. The number of aromatic nitrogens is 2. The summed E-state index contributed by atoms with van der Waals surface area (Å²) in [5, 5.41) is 12.5. The highest BCUT2D eigenvalue weighted by Crippen LogP contribution is 2.27. The topological polar surface area (TPSA) is 69.2 Å². The number of anilines is 1. The molecular weight excluding hydrogens is 310 g/mol. The maximum absolute atomic E-state index is 11.1. The van der Waals surface area contributed by atoms with E-state index in [4.69, 9.17) is 11.6 Å². The lowest BCUT2D eigenvalue weighted by Crippen LogP contribution is -2.44. The summed E-state index contributed by atoms with van der Waals surface area (Å²) in [7, 11) is 0. The number of benzene rings is 1. The van der Waals surface area contributed by atoms with E-state index < -0.39 is 12.0 Å². The summed E-state index contributed by atoms with van der Waals surface area (Å²) < 4.78 is 4.31. The lowest BCUT2D eigenvalue weighted by molar-refractivity contribution is -0.307. The van der Waals surface area contributed by atoms with E-state index in [0.717, 1.165) is 12.0 Å². The van der Waals surface area contributed by atoms with Crippen molar-refractivity contribution >= 4 is 34.2 Å². The molecule has 3 rings (SSSR count). The molecule has 1 aliphatic heterocycles. The van der Waals surface area contributed by atoms with Crippen molar-refractivity contribution in [2.24, 2.45) is 0 Å². The third-order valence-electron chi connectivity index (χ3n) is 3.50. The SMILES string of the molecule is O=C([O-])[C@@H]1CCCN1c1nc(Cc2ccc(Cl)cc2)ns1. The van der Waals surface area contributed by atoms with Crippen LogP contribution in [0.3, 0.4) is 0 Å². The first-order valence-corrected chi connectivity index (χ1v) is 7.83. The van der Waals surface area contributed by atoms with Crippen molar-refractivity contribution in [3.63, 3.8) is 0 Å². The number of carbonyl (C=O) groups is 1. The van der Waals surface area contributed by atoms with Gasteiger partial charge in [-0.05, 0) is 30.5 Å². The number of aliphatic carboxylic acids is 1. The Kier molecular flexibility index (Phi) is 4.07. The third-order valence-corrected chi connectivity index (χ3v) is 4.55. The molecule has 21 heavy (non-hydrogen) atoms. The average molecular weight is 323 g/mol. The van der Waals surface area contributed by atoms with Gasteiger partial charge >= 0.3 is 0 Å². The van der Waals surface area contributed by atoms with E-state index in [1.54, 1.807) is 4.90 Å². The van der Waals surface area contributed by atoms with Gasteiger partial charge in [-0.15, -0.1) is 0 Å². The highest BCUT2D eigenvalue weighted by Gasteiger charge is 2.28. The van der Waals surface area contributed by atoms with Gasteiger partial charge in [-0.2, -0.15) is 4.37 Å². The third kappa shape index (κ3) is 3.16. The van der Waals surface area contributed by atoms with Crippen LogP contribution in [-0.2, 0) is 11.2 Å². The Morgan fingerprint density at radius 2 is 2.19 bits per heavy atom. The molecular formula is C14H13ClN3O2S-. The minimum Gasteiger partial charge on any atom is -0.548 e. The van der Waals surface area contributed by atoms with Gasteiger partial charge in [-0.25, -0.2) is 4.98 Å². The molecule has 0 aliphatic carbocycles. The second kappa shape index (κ2) is 5.99. The Bertz CT molecular complexity index is 644.